The zero-order valence-corrected chi connectivity index (χ0v) is 15.4. The van der Waals surface area contributed by atoms with Crippen molar-refractivity contribution in [3.8, 4) is 0 Å². The molecule has 0 aliphatic carbocycles. The Labute approximate surface area is 157 Å². The van der Waals surface area contributed by atoms with E-state index in [1.165, 1.54) is 16.8 Å². The Morgan fingerprint density at radius 1 is 1.19 bits per heavy atom. The van der Waals surface area contributed by atoms with Gasteiger partial charge in [-0.3, -0.25) is 18.7 Å². The van der Waals surface area contributed by atoms with E-state index in [2.05, 4.69) is 5.32 Å². The summed E-state index contributed by atoms with van der Waals surface area (Å²) in [5.41, 5.74) is 0.0368. The Morgan fingerprint density at radius 3 is 2.62 bits per heavy atom. The quantitative estimate of drug-likeness (QED) is 0.830. The first-order chi connectivity index (χ1) is 12.1. The van der Waals surface area contributed by atoms with Gasteiger partial charge in [-0.15, -0.1) is 12.4 Å². The maximum atomic E-state index is 12.6. The van der Waals surface area contributed by atoms with Crippen LogP contribution >= 0.6 is 12.4 Å². The SMILES string of the molecule is CC1CNCCN1C(=O)Cn1c(=O)ccn(Cc2ccccc2)c1=O.Cl. The van der Waals surface area contributed by atoms with Gasteiger partial charge in [0.25, 0.3) is 5.56 Å². The summed E-state index contributed by atoms with van der Waals surface area (Å²) < 4.78 is 2.46. The van der Waals surface area contributed by atoms with Crippen LogP contribution < -0.4 is 16.6 Å². The second-order valence-corrected chi connectivity index (χ2v) is 6.28. The Morgan fingerprint density at radius 2 is 1.92 bits per heavy atom. The molecule has 3 rings (SSSR count). The minimum Gasteiger partial charge on any atom is -0.336 e. The molecular formula is C18H23ClN4O3. The molecular weight excluding hydrogens is 356 g/mol. The Balaban J connectivity index is 0.00000243. The molecule has 1 aromatic heterocycles. The van der Waals surface area contributed by atoms with Crippen LogP contribution in [0.2, 0.25) is 0 Å². The lowest BCUT2D eigenvalue weighted by Crippen LogP contribution is -2.54. The first-order valence-corrected chi connectivity index (χ1v) is 8.40. The van der Waals surface area contributed by atoms with Crippen LogP contribution in [-0.2, 0) is 17.9 Å². The average molecular weight is 379 g/mol. The summed E-state index contributed by atoms with van der Waals surface area (Å²) in [6.45, 7) is 4.10. The maximum Gasteiger partial charge on any atom is 0.331 e. The molecule has 0 saturated carbocycles. The predicted octanol–water partition coefficient (Wildman–Crippen LogP) is 0.300. The molecule has 0 radical (unpaired) electrons. The first-order valence-electron chi connectivity index (χ1n) is 8.40. The number of nitrogens with one attached hydrogen (secondary N) is 1. The van der Waals surface area contributed by atoms with Gasteiger partial charge in [-0.05, 0) is 12.5 Å². The molecule has 140 valence electrons. The molecule has 7 nitrogen and oxygen atoms in total. The van der Waals surface area contributed by atoms with Crippen molar-refractivity contribution in [3.63, 3.8) is 0 Å². The largest absolute Gasteiger partial charge is 0.336 e. The smallest absolute Gasteiger partial charge is 0.331 e. The van der Waals surface area contributed by atoms with Crippen LogP contribution in [0.15, 0.2) is 52.2 Å². The second kappa shape index (κ2) is 8.82. The van der Waals surface area contributed by atoms with Crippen LogP contribution in [-0.4, -0.2) is 45.6 Å². The summed E-state index contributed by atoms with van der Waals surface area (Å²) in [5, 5.41) is 3.21. The highest BCUT2D eigenvalue weighted by Crippen LogP contribution is 2.04. The van der Waals surface area contributed by atoms with Crippen molar-refractivity contribution < 1.29 is 4.79 Å². The minimum absolute atomic E-state index is 0. The molecule has 1 atom stereocenters. The lowest BCUT2D eigenvalue weighted by molar-refractivity contribution is -0.134. The lowest BCUT2D eigenvalue weighted by atomic mass is 10.2. The molecule has 1 unspecified atom stereocenters. The number of nitrogens with zero attached hydrogens (tertiary/aromatic N) is 3. The van der Waals surface area contributed by atoms with Crippen LogP contribution in [0.3, 0.4) is 0 Å². The van der Waals surface area contributed by atoms with Crippen molar-refractivity contribution in [2.45, 2.75) is 26.1 Å². The molecule has 1 aliphatic heterocycles. The number of hydrogen-bond acceptors (Lipinski definition) is 4. The van der Waals surface area contributed by atoms with E-state index in [0.717, 1.165) is 16.7 Å². The third-order valence-electron chi connectivity index (χ3n) is 4.45. The average Bonchev–Trinajstić information content (AvgIpc) is 2.62. The van der Waals surface area contributed by atoms with Gasteiger partial charge in [0, 0.05) is 37.9 Å². The number of carbonyl (C=O) groups excluding carboxylic acids is 1. The number of rotatable bonds is 4. The number of hydrogen-bond donors (Lipinski definition) is 1. The molecule has 2 heterocycles. The van der Waals surface area contributed by atoms with E-state index in [1.54, 1.807) is 4.90 Å². The molecule has 1 aromatic carbocycles. The molecule has 1 fully saturated rings. The molecule has 1 saturated heterocycles. The van der Waals surface area contributed by atoms with Crippen molar-refractivity contribution in [1.29, 1.82) is 0 Å². The fourth-order valence-corrected chi connectivity index (χ4v) is 3.04. The number of benzene rings is 1. The number of piperazine rings is 1. The van der Waals surface area contributed by atoms with Gasteiger partial charge in [-0.25, -0.2) is 4.79 Å². The van der Waals surface area contributed by atoms with E-state index < -0.39 is 11.2 Å². The lowest BCUT2D eigenvalue weighted by Gasteiger charge is -2.34. The molecule has 26 heavy (non-hydrogen) atoms. The van der Waals surface area contributed by atoms with E-state index in [1.807, 2.05) is 37.3 Å². The predicted molar refractivity (Wildman–Crippen MR) is 102 cm³/mol. The van der Waals surface area contributed by atoms with Crippen LogP contribution in [0.4, 0.5) is 0 Å². The van der Waals surface area contributed by atoms with E-state index in [-0.39, 0.29) is 30.9 Å². The van der Waals surface area contributed by atoms with Crippen LogP contribution in [0.1, 0.15) is 12.5 Å². The summed E-state index contributed by atoms with van der Waals surface area (Å²) in [7, 11) is 0. The third-order valence-corrected chi connectivity index (χ3v) is 4.45. The highest BCUT2D eigenvalue weighted by molar-refractivity contribution is 5.85. The van der Waals surface area contributed by atoms with Gasteiger partial charge < -0.3 is 10.2 Å². The van der Waals surface area contributed by atoms with Gasteiger partial charge in [-0.2, -0.15) is 0 Å². The summed E-state index contributed by atoms with van der Waals surface area (Å²) in [4.78, 5) is 39.0. The van der Waals surface area contributed by atoms with Crippen molar-refractivity contribution in [2.75, 3.05) is 19.6 Å². The minimum atomic E-state index is -0.465. The van der Waals surface area contributed by atoms with Crippen molar-refractivity contribution in [3.05, 3.63) is 69.0 Å². The summed E-state index contributed by atoms with van der Waals surface area (Å²) in [6, 6.07) is 10.9. The van der Waals surface area contributed by atoms with Gasteiger partial charge in [0.15, 0.2) is 0 Å². The summed E-state index contributed by atoms with van der Waals surface area (Å²) in [5.74, 6) is -0.203. The van der Waals surface area contributed by atoms with Crippen LogP contribution in [0.25, 0.3) is 0 Å². The maximum absolute atomic E-state index is 12.6. The Bertz CT molecular complexity index is 863. The van der Waals surface area contributed by atoms with E-state index in [4.69, 9.17) is 0 Å². The fraction of sp³-hybridized carbons (Fsp3) is 0.389. The van der Waals surface area contributed by atoms with E-state index >= 15 is 0 Å². The van der Waals surface area contributed by atoms with E-state index in [0.29, 0.717) is 19.6 Å². The first kappa shape index (κ1) is 19.9. The normalized spacial score (nSPS) is 16.8. The Kier molecular flexibility index (Phi) is 6.76. The van der Waals surface area contributed by atoms with Crippen molar-refractivity contribution in [2.24, 2.45) is 0 Å². The summed E-state index contributed by atoms with van der Waals surface area (Å²) in [6.07, 6.45) is 1.48. The molecule has 1 N–H and O–H groups in total. The van der Waals surface area contributed by atoms with Gasteiger partial charge in [0.1, 0.15) is 6.54 Å². The van der Waals surface area contributed by atoms with Gasteiger partial charge in [0.05, 0.1) is 6.54 Å². The molecule has 0 bridgehead atoms. The highest BCUT2D eigenvalue weighted by Gasteiger charge is 2.24. The number of halogens is 1. The Hall–Kier alpha value is -2.38. The van der Waals surface area contributed by atoms with Gasteiger partial charge in [0.2, 0.25) is 5.91 Å². The van der Waals surface area contributed by atoms with Crippen LogP contribution in [0.5, 0.6) is 0 Å². The third kappa shape index (κ3) is 4.42. The molecule has 8 heteroatoms. The standard InChI is InChI=1S/C18H22N4O3.ClH/c1-14-11-19-8-10-21(14)17(24)13-22-16(23)7-9-20(18(22)25)12-15-5-3-2-4-6-15;/h2-7,9,14,19H,8,10-13H2,1H3;1H. The molecule has 2 aromatic rings. The zero-order valence-electron chi connectivity index (χ0n) is 14.6. The monoisotopic (exact) mass is 378 g/mol. The number of amides is 1. The van der Waals surface area contributed by atoms with Gasteiger partial charge in [-0.1, -0.05) is 30.3 Å². The van der Waals surface area contributed by atoms with Crippen LogP contribution in [0, 0.1) is 0 Å². The zero-order chi connectivity index (χ0) is 17.8. The molecule has 1 aliphatic rings. The van der Waals surface area contributed by atoms with Gasteiger partial charge >= 0.3 is 5.69 Å². The van der Waals surface area contributed by atoms with Crippen molar-refractivity contribution in [1.82, 2.24) is 19.4 Å². The van der Waals surface area contributed by atoms with Crippen molar-refractivity contribution >= 4 is 18.3 Å². The molecule has 1 amide bonds. The summed E-state index contributed by atoms with van der Waals surface area (Å²) >= 11 is 0. The number of aromatic nitrogens is 2. The topological polar surface area (TPSA) is 76.3 Å². The van der Waals surface area contributed by atoms with E-state index in [9.17, 15) is 14.4 Å². The molecule has 0 spiro atoms. The number of carbonyl (C=O) groups is 1. The fourth-order valence-electron chi connectivity index (χ4n) is 3.04. The highest BCUT2D eigenvalue weighted by atomic mass is 35.5. The second-order valence-electron chi connectivity index (χ2n) is 6.28.